The van der Waals surface area contributed by atoms with Gasteiger partial charge in [-0.25, -0.2) is 0 Å². The van der Waals surface area contributed by atoms with Gasteiger partial charge in [-0.15, -0.1) is 0 Å². The Balaban J connectivity index is 4.30. The summed E-state index contributed by atoms with van der Waals surface area (Å²) in [6, 6.07) is 0. The molecule has 0 atom stereocenters. The third kappa shape index (κ3) is 5.89. The van der Waals surface area contributed by atoms with E-state index in [9.17, 15) is 0 Å². The maximum absolute atomic E-state index is 2.29. The molecule has 0 nitrogen and oxygen atoms in total. The SMILES string of the molecule is CC(C)(C)C=C[C](=[W])C(C)(C)C. The molecule has 0 unspecified atom stereocenters. The summed E-state index contributed by atoms with van der Waals surface area (Å²) in [5.74, 6) is 0. The quantitative estimate of drug-likeness (QED) is 0.689. The summed E-state index contributed by atoms with van der Waals surface area (Å²) in [7, 11) is 0. The van der Waals surface area contributed by atoms with Gasteiger partial charge in [-0.05, 0) is 0 Å². The van der Waals surface area contributed by atoms with E-state index in [2.05, 4.69) is 53.7 Å². The van der Waals surface area contributed by atoms with Crippen LogP contribution in [0.5, 0.6) is 0 Å². The average Bonchev–Trinajstić information content (AvgIpc) is 1.78. The van der Waals surface area contributed by atoms with E-state index in [0.717, 1.165) is 0 Å². The number of hydrogen-bond donors (Lipinski definition) is 0. The van der Waals surface area contributed by atoms with Gasteiger partial charge in [-0.1, -0.05) is 0 Å². The summed E-state index contributed by atoms with van der Waals surface area (Å²) in [6.45, 7) is 13.5. The molecule has 0 saturated carbocycles. The number of hydrogen-bond acceptors (Lipinski definition) is 0. The van der Waals surface area contributed by atoms with Crippen LogP contribution >= 0.6 is 0 Å². The molecule has 0 fully saturated rings. The molecule has 70 valence electrons. The first-order valence-corrected chi connectivity index (χ1v) is 5.83. The fourth-order valence-electron chi connectivity index (χ4n) is 0.576. The van der Waals surface area contributed by atoms with Crippen LogP contribution in [0, 0.1) is 10.8 Å². The van der Waals surface area contributed by atoms with Crippen molar-refractivity contribution in [2.45, 2.75) is 41.5 Å². The first-order valence-electron chi connectivity index (χ1n) is 4.36. The van der Waals surface area contributed by atoms with E-state index >= 15 is 0 Å². The van der Waals surface area contributed by atoms with Crippen LogP contribution in [0.1, 0.15) is 41.5 Å². The average molecular weight is 336 g/mol. The van der Waals surface area contributed by atoms with Crippen molar-refractivity contribution in [1.82, 2.24) is 0 Å². The molecule has 0 amide bonds. The minimum atomic E-state index is 0.311. The Morgan fingerprint density at radius 1 is 1.00 bits per heavy atom. The molecular weight excluding hydrogens is 316 g/mol. The van der Waals surface area contributed by atoms with Gasteiger partial charge in [-0.2, -0.15) is 0 Å². The van der Waals surface area contributed by atoms with Crippen molar-refractivity contribution in [3.63, 3.8) is 0 Å². The Bertz CT molecular complexity index is 186. The number of rotatable bonds is 1. The van der Waals surface area contributed by atoms with Crippen LogP contribution in [0.4, 0.5) is 0 Å². The predicted octanol–water partition coefficient (Wildman–Crippen LogP) is 3.35. The minimum absolute atomic E-state index is 0.311. The molecule has 0 saturated heterocycles. The number of allylic oxidation sites excluding steroid dienone is 2. The van der Waals surface area contributed by atoms with Gasteiger partial charge in [0.1, 0.15) is 0 Å². The third-order valence-corrected chi connectivity index (χ3v) is 4.16. The summed E-state index contributed by atoms with van der Waals surface area (Å²) in [4.78, 5) is 0. The van der Waals surface area contributed by atoms with E-state index in [1.165, 1.54) is 3.90 Å². The van der Waals surface area contributed by atoms with Gasteiger partial charge in [0, 0.05) is 0 Å². The zero-order chi connectivity index (χ0) is 9.99. The summed E-state index contributed by atoms with van der Waals surface area (Å²) in [5, 5.41) is 0. The van der Waals surface area contributed by atoms with E-state index in [-0.39, 0.29) is 0 Å². The second-order valence-corrected chi connectivity index (χ2v) is 6.89. The molecule has 0 N–H and O–H groups in total. The fourth-order valence-corrected chi connectivity index (χ4v) is 0.820. The van der Waals surface area contributed by atoms with Crippen LogP contribution in [0.25, 0.3) is 0 Å². The standard InChI is InChI=1S/C11H20.W/c1-10(2,3)8-7-9-11(4,5)6;/h7-8H,1-6H3;. The van der Waals surface area contributed by atoms with Crippen molar-refractivity contribution in [2.75, 3.05) is 0 Å². The molecule has 1 heteroatoms. The van der Waals surface area contributed by atoms with Crippen molar-refractivity contribution < 1.29 is 19.4 Å². The Morgan fingerprint density at radius 3 is 1.67 bits per heavy atom. The van der Waals surface area contributed by atoms with Gasteiger partial charge in [0.05, 0.1) is 0 Å². The molecule has 0 aromatic rings. The molecule has 0 spiro atoms. The first-order chi connectivity index (χ1) is 5.13. The Morgan fingerprint density at radius 2 is 1.42 bits per heavy atom. The molecule has 0 aromatic heterocycles. The van der Waals surface area contributed by atoms with Crippen molar-refractivity contribution in [3.05, 3.63) is 12.2 Å². The van der Waals surface area contributed by atoms with Crippen LogP contribution in [0.3, 0.4) is 0 Å². The summed E-state index contributed by atoms with van der Waals surface area (Å²) >= 11 is 1.58. The molecular formula is C11H20W. The summed E-state index contributed by atoms with van der Waals surface area (Å²) in [5.41, 5.74) is 0.656. The molecule has 0 rings (SSSR count). The molecule has 0 bridgehead atoms. The molecule has 0 aliphatic rings. The normalized spacial score (nSPS) is 13.8. The Labute approximate surface area is 87.9 Å². The molecule has 0 aromatic carbocycles. The van der Waals surface area contributed by atoms with Crippen molar-refractivity contribution in [1.29, 1.82) is 0 Å². The van der Waals surface area contributed by atoms with Crippen LogP contribution in [0.2, 0.25) is 0 Å². The van der Waals surface area contributed by atoms with E-state index in [1.54, 1.807) is 19.4 Å². The van der Waals surface area contributed by atoms with Crippen molar-refractivity contribution >= 4 is 3.90 Å². The maximum atomic E-state index is 2.29. The topological polar surface area (TPSA) is 0 Å². The second-order valence-electron chi connectivity index (χ2n) is 5.31. The van der Waals surface area contributed by atoms with E-state index in [4.69, 9.17) is 0 Å². The van der Waals surface area contributed by atoms with Crippen LogP contribution < -0.4 is 0 Å². The fraction of sp³-hybridized carbons (Fsp3) is 0.727. The molecule has 0 aliphatic heterocycles. The summed E-state index contributed by atoms with van der Waals surface area (Å²) < 4.78 is 1.53. The van der Waals surface area contributed by atoms with Gasteiger partial charge in [0.2, 0.25) is 0 Å². The van der Waals surface area contributed by atoms with Crippen molar-refractivity contribution in [2.24, 2.45) is 10.8 Å². The van der Waals surface area contributed by atoms with Crippen molar-refractivity contribution in [3.8, 4) is 0 Å². The first kappa shape index (κ1) is 12.3. The molecule has 0 aliphatic carbocycles. The zero-order valence-corrected chi connectivity index (χ0v) is 12.0. The van der Waals surface area contributed by atoms with Gasteiger partial charge in [-0.3, -0.25) is 0 Å². The van der Waals surface area contributed by atoms with Crippen LogP contribution in [-0.4, -0.2) is 3.90 Å². The van der Waals surface area contributed by atoms with Gasteiger partial charge < -0.3 is 0 Å². The summed E-state index contributed by atoms with van der Waals surface area (Å²) in [6.07, 6.45) is 4.58. The zero-order valence-electron chi connectivity index (χ0n) is 9.06. The third-order valence-electron chi connectivity index (χ3n) is 1.47. The second kappa shape index (κ2) is 4.00. The van der Waals surface area contributed by atoms with E-state index in [1.807, 2.05) is 0 Å². The van der Waals surface area contributed by atoms with Crippen LogP contribution in [0.15, 0.2) is 12.2 Å². The van der Waals surface area contributed by atoms with Gasteiger partial charge >= 0.3 is 87.8 Å². The molecule has 0 heterocycles. The van der Waals surface area contributed by atoms with Gasteiger partial charge in [0.15, 0.2) is 0 Å². The van der Waals surface area contributed by atoms with E-state index in [0.29, 0.717) is 10.8 Å². The van der Waals surface area contributed by atoms with E-state index < -0.39 is 0 Å². The molecule has 0 radical (unpaired) electrons. The Hall–Kier alpha value is 0.298. The van der Waals surface area contributed by atoms with Crippen LogP contribution in [-0.2, 0) is 19.4 Å². The Kier molecular flexibility index (Phi) is 4.10. The van der Waals surface area contributed by atoms with Gasteiger partial charge in [0.25, 0.3) is 0 Å². The predicted molar refractivity (Wildman–Crippen MR) is 53.1 cm³/mol. The monoisotopic (exact) mass is 336 g/mol. The molecule has 12 heavy (non-hydrogen) atoms.